The molecule has 4 aromatic rings. The standard InChI is InChI=1S/C33H30Br2O2/c1-3-4-5-6-10-22-11-8-13-24(17-22)33(23-12-7-9-21(2)16-23)29-19-25(34)14-15-27(29)31-28(32(36)37)18-26(35)20-30(31)33/h7-9,11-20H,3-6,10H2,1-2H3,(H,36,37). The quantitative estimate of drug-likeness (QED) is 0.176. The van der Waals surface area contributed by atoms with Gasteiger partial charge < -0.3 is 5.11 Å². The van der Waals surface area contributed by atoms with Gasteiger partial charge in [-0.15, -0.1) is 0 Å². The second-order valence-corrected chi connectivity index (χ2v) is 11.8. The monoisotopic (exact) mass is 616 g/mol. The zero-order valence-corrected chi connectivity index (χ0v) is 24.3. The summed E-state index contributed by atoms with van der Waals surface area (Å²) in [4.78, 5) is 12.5. The average molecular weight is 618 g/mol. The van der Waals surface area contributed by atoms with Crippen molar-refractivity contribution in [3.05, 3.63) is 127 Å². The number of carboxylic acid groups (broad SMARTS) is 1. The Hall–Kier alpha value is -2.69. The van der Waals surface area contributed by atoms with Crippen LogP contribution in [0, 0.1) is 6.92 Å². The van der Waals surface area contributed by atoms with E-state index in [1.54, 1.807) is 6.07 Å². The first-order chi connectivity index (χ1) is 17.9. The molecule has 0 aromatic heterocycles. The largest absolute Gasteiger partial charge is 0.478 e. The summed E-state index contributed by atoms with van der Waals surface area (Å²) in [7, 11) is 0. The summed E-state index contributed by atoms with van der Waals surface area (Å²) >= 11 is 7.37. The molecule has 0 fully saturated rings. The third kappa shape index (κ3) is 4.59. The Kier molecular flexibility index (Phi) is 7.42. The fourth-order valence-electron chi connectivity index (χ4n) is 5.93. The van der Waals surface area contributed by atoms with Gasteiger partial charge in [-0.1, -0.05) is 118 Å². The molecule has 0 saturated carbocycles. The lowest BCUT2D eigenvalue weighted by molar-refractivity contribution is 0.0697. The summed E-state index contributed by atoms with van der Waals surface area (Å²) in [5.41, 5.74) is 8.34. The van der Waals surface area contributed by atoms with Crippen molar-refractivity contribution in [1.82, 2.24) is 0 Å². The van der Waals surface area contributed by atoms with Crippen molar-refractivity contribution in [3.63, 3.8) is 0 Å². The van der Waals surface area contributed by atoms with Gasteiger partial charge in [-0.05, 0) is 77.4 Å². The zero-order valence-electron chi connectivity index (χ0n) is 21.2. The number of benzene rings is 4. The number of aryl methyl sites for hydroxylation is 2. The van der Waals surface area contributed by atoms with E-state index in [1.165, 1.54) is 42.4 Å². The fraction of sp³-hybridized carbons (Fsp3) is 0.242. The predicted octanol–water partition coefficient (Wildman–Crippen LogP) is 9.70. The highest BCUT2D eigenvalue weighted by Crippen LogP contribution is 2.58. The minimum Gasteiger partial charge on any atom is -0.478 e. The smallest absolute Gasteiger partial charge is 0.336 e. The van der Waals surface area contributed by atoms with Gasteiger partial charge in [0.15, 0.2) is 0 Å². The second-order valence-electron chi connectivity index (χ2n) is 10.0. The SMILES string of the molecule is CCCCCCc1cccc(C2(c3cccc(C)c3)c3cc(Br)ccc3-c3c(C(=O)O)cc(Br)cc32)c1. The highest BCUT2D eigenvalue weighted by molar-refractivity contribution is 9.10. The molecule has 1 aliphatic rings. The lowest BCUT2D eigenvalue weighted by atomic mass is 9.67. The number of fused-ring (bicyclic) bond motifs is 3. The van der Waals surface area contributed by atoms with Gasteiger partial charge in [0, 0.05) is 14.5 Å². The van der Waals surface area contributed by atoms with Crippen molar-refractivity contribution in [1.29, 1.82) is 0 Å². The van der Waals surface area contributed by atoms with Crippen LogP contribution in [-0.2, 0) is 11.8 Å². The lowest BCUT2D eigenvalue weighted by Crippen LogP contribution is -2.29. The molecule has 5 rings (SSSR count). The van der Waals surface area contributed by atoms with Crippen LogP contribution in [0.1, 0.15) is 76.3 Å². The van der Waals surface area contributed by atoms with Gasteiger partial charge in [-0.3, -0.25) is 0 Å². The van der Waals surface area contributed by atoms with E-state index >= 15 is 0 Å². The molecule has 1 atom stereocenters. The average Bonchev–Trinajstić information content (AvgIpc) is 3.16. The van der Waals surface area contributed by atoms with Crippen molar-refractivity contribution in [2.24, 2.45) is 0 Å². The van der Waals surface area contributed by atoms with E-state index in [9.17, 15) is 9.90 Å². The molecule has 0 bridgehead atoms. The molecular weight excluding hydrogens is 588 g/mol. The second kappa shape index (κ2) is 10.6. The van der Waals surface area contributed by atoms with Gasteiger partial charge in [0.2, 0.25) is 0 Å². The molecule has 1 unspecified atom stereocenters. The first-order valence-corrected chi connectivity index (χ1v) is 14.5. The molecule has 188 valence electrons. The summed E-state index contributed by atoms with van der Waals surface area (Å²) in [6.07, 6.45) is 5.92. The molecule has 1 N–H and O–H groups in total. The Morgan fingerprint density at radius 2 is 1.54 bits per heavy atom. The number of carboxylic acids is 1. The van der Waals surface area contributed by atoms with Crippen LogP contribution < -0.4 is 0 Å². The Bertz CT molecular complexity index is 1490. The molecule has 0 spiro atoms. The summed E-state index contributed by atoms with van der Waals surface area (Å²) < 4.78 is 1.74. The van der Waals surface area contributed by atoms with E-state index in [4.69, 9.17) is 0 Å². The number of unbranched alkanes of at least 4 members (excludes halogenated alkanes) is 3. The van der Waals surface area contributed by atoms with E-state index in [0.29, 0.717) is 5.56 Å². The Balaban J connectivity index is 1.86. The van der Waals surface area contributed by atoms with Crippen LogP contribution in [0.4, 0.5) is 0 Å². The number of halogens is 2. The molecule has 0 radical (unpaired) electrons. The van der Waals surface area contributed by atoms with Crippen molar-refractivity contribution in [2.75, 3.05) is 0 Å². The lowest BCUT2D eigenvalue weighted by Gasteiger charge is -2.34. The topological polar surface area (TPSA) is 37.3 Å². The van der Waals surface area contributed by atoms with Crippen LogP contribution in [-0.4, -0.2) is 11.1 Å². The van der Waals surface area contributed by atoms with Gasteiger partial charge in [0.25, 0.3) is 0 Å². The van der Waals surface area contributed by atoms with Crippen molar-refractivity contribution >= 4 is 37.8 Å². The maximum atomic E-state index is 12.5. The molecule has 2 nitrogen and oxygen atoms in total. The van der Waals surface area contributed by atoms with Crippen LogP contribution in [0.3, 0.4) is 0 Å². The molecule has 0 amide bonds. The normalized spacial score (nSPS) is 15.9. The Labute approximate surface area is 236 Å². The highest BCUT2D eigenvalue weighted by Gasteiger charge is 2.48. The summed E-state index contributed by atoms with van der Waals surface area (Å²) in [5, 5.41) is 10.3. The van der Waals surface area contributed by atoms with Gasteiger partial charge in [-0.2, -0.15) is 0 Å². The van der Waals surface area contributed by atoms with Crippen LogP contribution in [0.25, 0.3) is 11.1 Å². The number of carbonyl (C=O) groups is 1. The Morgan fingerprint density at radius 1 is 0.811 bits per heavy atom. The summed E-state index contributed by atoms with van der Waals surface area (Å²) in [6, 6.07) is 27.7. The van der Waals surface area contributed by atoms with Gasteiger partial charge in [0.05, 0.1) is 11.0 Å². The van der Waals surface area contributed by atoms with Crippen molar-refractivity contribution < 1.29 is 9.90 Å². The van der Waals surface area contributed by atoms with Crippen molar-refractivity contribution in [2.45, 2.75) is 51.4 Å². The van der Waals surface area contributed by atoms with Crippen LogP contribution in [0.5, 0.6) is 0 Å². The molecule has 0 saturated heterocycles. The number of hydrogen-bond acceptors (Lipinski definition) is 1. The molecular formula is C33H30Br2O2. The summed E-state index contributed by atoms with van der Waals surface area (Å²) in [5.74, 6) is -0.920. The maximum Gasteiger partial charge on any atom is 0.336 e. The summed E-state index contributed by atoms with van der Waals surface area (Å²) in [6.45, 7) is 4.35. The van der Waals surface area contributed by atoms with Crippen LogP contribution in [0.15, 0.2) is 87.8 Å². The first kappa shape index (κ1) is 25.9. The van der Waals surface area contributed by atoms with E-state index < -0.39 is 11.4 Å². The van der Waals surface area contributed by atoms with E-state index in [2.05, 4.69) is 112 Å². The number of rotatable bonds is 8. The molecule has 4 heteroatoms. The molecule has 0 heterocycles. The third-order valence-electron chi connectivity index (χ3n) is 7.52. The van der Waals surface area contributed by atoms with E-state index in [1.807, 2.05) is 6.07 Å². The van der Waals surface area contributed by atoms with E-state index in [-0.39, 0.29) is 0 Å². The fourth-order valence-corrected chi connectivity index (χ4v) is 6.75. The molecule has 4 aromatic carbocycles. The number of aromatic carboxylic acids is 1. The Morgan fingerprint density at radius 3 is 2.27 bits per heavy atom. The van der Waals surface area contributed by atoms with Gasteiger partial charge >= 0.3 is 5.97 Å². The zero-order chi connectivity index (χ0) is 26.2. The first-order valence-electron chi connectivity index (χ1n) is 12.9. The molecule has 37 heavy (non-hydrogen) atoms. The molecule has 1 aliphatic carbocycles. The number of hydrogen-bond donors (Lipinski definition) is 1. The van der Waals surface area contributed by atoms with E-state index in [0.717, 1.165) is 43.2 Å². The van der Waals surface area contributed by atoms with Gasteiger partial charge in [0.1, 0.15) is 0 Å². The highest BCUT2D eigenvalue weighted by atomic mass is 79.9. The van der Waals surface area contributed by atoms with Gasteiger partial charge in [-0.25, -0.2) is 4.79 Å². The molecule has 0 aliphatic heterocycles. The predicted molar refractivity (Wildman–Crippen MR) is 159 cm³/mol. The minimum atomic E-state index is -0.920. The van der Waals surface area contributed by atoms with Crippen LogP contribution in [0.2, 0.25) is 0 Å². The third-order valence-corrected chi connectivity index (χ3v) is 8.47. The maximum absolute atomic E-state index is 12.5. The van der Waals surface area contributed by atoms with Crippen LogP contribution >= 0.6 is 31.9 Å². The minimum absolute atomic E-state index is 0.318. The van der Waals surface area contributed by atoms with Crippen molar-refractivity contribution in [3.8, 4) is 11.1 Å².